The van der Waals surface area contributed by atoms with Crippen molar-refractivity contribution in [1.82, 2.24) is 0 Å². The molecular formula is C13H9BrS. The van der Waals surface area contributed by atoms with Crippen molar-refractivity contribution in [3.63, 3.8) is 0 Å². The van der Waals surface area contributed by atoms with Crippen molar-refractivity contribution in [2.45, 2.75) is 6.42 Å². The van der Waals surface area contributed by atoms with Crippen LogP contribution < -0.4 is 0 Å². The van der Waals surface area contributed by atoms with Crippen molar-refractivity contribution in [3.05, 3.63) is 56.2 Å². The molecule has 1 aromatic carbocycles. The van der Waals surface area contributed by atoms with Gasteiger partial charge in [-0.2, -0.15) is 0 Å². The molecule has 1 aromatic heterocycles. The van der Waals surface area contributed by atoms with Crippen LogP contribution in [0.4, 0.5) is 0 Å². The predicted molar refractivity (Wildman–Crippen MR) is 70.0 cm³/mol. The second-order valence-corrected chi connectivity index (χ2v) is 5.53. The number of hydrogen-bond donors (Lipinski definition) is 0. The minimum atomic E-state index is 1.06. The molecule has 1 heterocycles. The van der Waals surface area contributed by atoms with Gasteiger partial charge in [-0.3, -0.25) is 0 Å². The van der Waals surface area contributed by atoms with Crippen LogP contribution in [0.15, 0.2) is 40.2 Å². The SMILES string of the molecule is Brc1ccc2c(c1)CC(c1cccs1)=C2. The third kappa shape index (κ3) is 1.68. The number of benzene rings is 1. The summed E-state index contributed by atoms with van der Waals surface area (Å²) in [6.45, 7) is 0. The third-order valence-electron chi connectivity index (χ3n) is 2.65. The van der Waals surface area contributed by atoms with Crippen molar-refractivity contribution in [1.29, 1.82) is 0 Å². The normalized spacial score (nSPS) is 13.8. The van der Waals surface area contributed by atoms with E-state index in [4.69, 9.17) is 0 Å². The van der Waals surface area contributed by atoms with E-state index in [2.05, 4.69) is 57.7 Å². The zero-order valence-corrected chi connectivity index (χ0v) is 10.4. The van der Waals surface area contributed by atoms with E-state index < -0.39 is 0 Å². The van der Waals surface area contributed by atoms with E-state index in [1.54, 1.807) is 0 Å². The van der Waals surface area contributed by atoms with E-state index in [-0.39, 0.29) is 0 Å². The molecular weight excluding hydrogens is 268 g/mol. The van der Waals surface area contributed by atoms with Crippen molar-refractivity contribution < 1.29 is 0 Å². The quantitative estimate of drug-likeness (QED) is 0.714. The van der Waals surface area contributed by atoms with E-state index >= 15 is 0 Å². The average molecular weight is 277 g/mol. The van der Waals surface area contributed by atoms with Crippen LogP contribution in [0, 0.1) is 0 Å². The van der Waals surface area contributed by atoms with Gasteiger partial charge in [-0.15, -0.1) is 11.3 Å². The first-order valence-corrected chi connectivity index (χ1v) is 6.53. The van der Waals surface area contributed by atoms with Gasteiger partial charge in [0, 0.05) is 9.35 Å². The molecule has 0 fully saturated rings. The molecule has 3 rings (SSSR count). The molecule has 0 atom stereocenters. The third-order valence-corrected chi connectivity index (χ3v) is 4.09. The Balaban J connectivity index is 2.02. The number of halogens is 1. The van der Waals surface area contributed by atoms with E-state index in [1.807, 2.05) is 11.3 Å². The summed E-state index contributed by atoms with van der Waals surface area (Å²) in [5.74, 6) is 0. The van der Waals surface area contributed by atoms with Crippen LogP contribution in [0.2, 0.25) is 0 Å². The summed E-state index contributed by atoms with van der Waals surface area (Å²) < 4.78 is 1.17. The number of fused-ring (bicyclic) bond motifs is 1. The van der Waals surface area contributed by atoms with Crippen molar-refractivity contribution in [2.24, 2.45) is 0 Å². The largest absolute Gasteiger partial charge is 0.144 e. The maximum atomic E-state index is 3.51. The van der Waals surface area contributed by atoms with Gasteiger partial charge in [0.05, 0.1) is 0 Å². The molecule has 0 bridgehead atoms. The van der Waals surface area contributed by atoms with Crippen molar-refractivity contribution >= 4 is 38.9 Å². The second kappa shape index (κ2) is 3.62. The van der Waals surface area contributed by atoms with Gasteiger partial charge >= 0.3 is 0 Å². The van der Waals surface area contributed by atoms with Crippen LogP contribution in [-0.4, -0.2) is 0 Å². The Hall–Kier alpha value is -0.860. The first kappa shape index (κ1) is 9.37. The molecule has 0 unspecified atom stereocenters. The summed E-state index contributed by atoms with van der Waals surface area (Å²) in [6, 6.07) is 10.8. The van der Waals surface area contributed by atoms with Crippen LogP contribution in [-0.2, 0) is 6.42 Å². The maximum absolute atomic E-state index is 3.51. The van der Waals surface area contributed by atoms with E-state index in [9.17, 15) is 0 Å². The highest BCUT2D eigenvalue weighted by molar-refractivity contribution is 9.10. The van der Waals surface area contributed by atoms with Gasteiger partial charge in [-0.25, -0.2) is 0 Å². The van der Waals surface area contributed by atoms with E-state index in [0.29, 0.717) is 0 Å². The Bertz CT molecular complexity index is 523. The highest BCUT2D eigenvalue weighted by Gasteiger charge is 2.14. The molecule has 2 heteroatoms. The minimum Gasteiger partial charge on any atom is -0.144 e. The molecule has 1 aliphatic rings. The van der Waals surface area contributed by atoms with Crippen molar-refractivity contribution in [2.75, 3.05) is 0 Å². The molecule has 0 saturated heterocycles. The minimum absolute atomic E-state index is 1.06. The fourth-order valence-electron chi connectivity index (χ4n) is 1.93. The Morgan fingerprint density at radius 1 is 1.20 bits per heavy atom. The van der Waals surface area contributed by atoms with Crippen molar-refractivity contribution in [3.8, 4) is 0 Å². The predicted octanol–water partition coefficient (Wildman–Crippen LogP) is 4.61. The van der Waals surface area contributed by atoms with Crippen LogP contribution in [0.3, 0.4) is 0 Å². The van der Waals surface area contributed by atoms with Gasteiger partial charge in [-0.05, 0) is 52.8 Å². The first-order valence-electron chi connectivity index (χ1n) is 4.86. The van der Waals surface area contributed by atoms with E-state index in [0.717, 1.165) is 6.42 Å². The Kier molecular flexibility index (Phi) is 2.26. The molecule has 0 radical (unpaired) electrons. The summed E-state index contributed by atoms with van der Waals surface area (Å²) in [5.41, 5.74) is 4.23. The number of allylic oxidation sites excluding steroid dienone is 1. The van der Waals surface area contributed by atoms with Gasteiger partial charge in [0.15, 0.2) is 0 Å². The van der Waals surface area contributed by atoms with Crippen LogP contribution >= 0.6 is 27.3 Å². The fraction of sp³-hybridized carbons (Fsp3) is 0.0769. The number of rotatable bonds is 1. The molecule has 2 aromatic rings. The highest BCUT2D eigenvalue weighted by atomic mass is 79.9. The summed E-state index contributed by atoms with van der Waals surface area (Å²) in [7, 11) is 0. The zero-order chi connectivity index (χ0) is 10.3. The monoisotopic (exact) mass is 276 g/mol. The Morgan fingerprint density at radius 2 is 2.13 bits per heavy atom. The second-order valence-electron chi connectivity index (χ2n) is 3.67. The lowest BCUT2D eigenvalue weighted by Crippen LogP contribution is -1.82. The zero-order valence-electron chi connectivity index (χ0n) is 8.03. The molecule has 1 aliphatic carbocycles. The molecule has 0 nitrogen and oxygen atoms in total. The smallest absolute Gasteiger partial charge is 0.0305 e. The molecule has 0 aliphatic heterocycles. The summed E-state index contributed by atoms with van der Waals surface area (Å²) in [5, 5.41) is 2.13. The fourth-order valence-corrected chi connectivity index (χ4v) is 3.08. The lowest BCUT2D eigenvalue weighted by Gasteiger charge is -1.99. The molecule has 0 saturated carbocycles. The summed E-state index contributed by atoms with van der Waals surface area (Å²) in [6.07, 6.45) is 3.36. The standard InChI is InChI=1S/C13H9BrS/c14-12-4-3-9-6-11(7-10(9)8-12)13-2-1-5-15-13/h1-6,8H,7H2. The summed E-state index contributed by atoms with van der Waals surface area (Å²) in [4.78, 5) is 1.39. The molecule has 0 spiro atoms. The summed E-state index contributed by atoms with van der Waals surface area (Å²) >= 11 is 5.33. The lowest BCUT2D eigenvalue weighted by atomic mass is 10.1. The topological polar surface area (TPSA) is 0 Å². The first-order chi connectivity index (χ1) is 7.33. The number of hydrogen-bond acceptors (Lipinski definition) is 1. The van der Waals surface area contributed by atoms with Crippen LogP contribution in [0.5, 0.6) is 0 Å². The molecule has 0 amide bonds. The van der Waals surface area contributed by atoms with Crippen LogP contribution in [0.25, 0.3) is 11.6 Å². The Morgan fingerprint density at radius 3 is 2.93 bits per heavy atom. The molecule has 74 valence electrons. The van der Waals surface area contributed by atoms with Gasteiger partial charge in [0.2, 0.25) is 0 Å². The van der Waals surface area contributed by atoms with E-state index in [1.165, 1.54) is 26.0 Å². The van der Waals surface area contributed by atoms with Gasteiger partial charge in [0.1, 0.15) is 0 Å². The van der Waals surface area contributed by atoms with Gasteiger partial charge in [0.25, 0.3) is 0 Å². The average Bonchev–Trinajstić information content (AvgIpc) is 2.84. The highest BCUT2D eigenvalue weighted by Crippen LogP contribution is 2.34. The lowest BCUT2D eigenvalue weighted by molar-refractivity contribution is 1.32. The van der Waals surface area contributed by atoms with Gasteiger partial charge in [-0.1, -0.05) is 28.1 Å². The maximum Gasteiger partial charge on any atom is 0.0305 e. The molecule has 15 heavy (non-hydrogen) atoms. The van der Waals surface area contributed by atoms with Crippen LogP contribution in [0.1, 0.15) is 16.0 Å². The number of thiophene rings is 1. The molecule has 0 N–H and O–H groups in total. The Labute approximate surface area is 101 Å². The van der Waals surface area contributed by atoms with Gasteiger partial charge < -0.3 is 0 Å².